The molecule has 1 aromatic carbocycles. The van der Waals surface area contributed by atoms with E-state index in [9.17, 15) is 0 Å². The van der Waals surface area contributed by atoms with E-state index in [1.807, 2.05) is 6.20 Å². The van der Waals surface area contributed by atoms with E-state index in [1.165, 1.54) is 10.8 Å². The highest BCUT2D eigenvalue weighted by Gasteiger charge is 2.33. The van der Waals surface area contributed by atoms with Crippen molar-refractivity contribution in [3.05, 3.63) is 36.5 Å². The molecular weight excluding hydrogens is 222 g/mol. The van der Waals surface area contributed by atoms with Gasteiger partial charge in [-0.1, -0.05) is 31.2 Å². The van der Waals surface area contributed by atoms with Crippen molar-refractivity contribution >= 4 is 16.6 Å². The lowest BCUT2D eigenvalue weighted by Gasteiger charge is -2.24. The lowest BCUT2D eigenvalue weighted by Crippen LogP contribution is -2.31. The van der Waals surface area contributed by atoms with Gasteiger partial charge in [0, 0.05) is 24.7 Å². The molecule has 2 heterocycles. The Bertz CT molecular complexity index is 561. The summed E-state index contributed by atoms with van der Waals surface area (Å²) in [6.07, 6.45) is 3.05. The van der Waals surface area contributed by atoms with Crippen molar-refractivity contribution in [2.24, 2.45) is 11.1 Å². The van der Waals surface area contributed by atoms with Crippen LogP contribution in [0.15, 0.2) is 36.5 Å². The zero-order valence-corrected chi connectivity index (χ0v) is 10.8. The van der Waals surface area contributed by atoms with Gasteiger partial charge in [0.2, 0.25) is 0 Å². The molecule has 0 bridgehead atoms. The van der Waals surface area contributed by atoms with Gasteiger partial charge >= 0.3 is 0 Å². The zero-order chi connectivity index (χ0) is 12.6. The van der Waals surface area contributed by atoms with Crippen LogP contribution >= 0.6 is 0 Å². The Hall–Kier alpha value is -1.61. The molecule has 3 nitrogen and oxygen atoms in total. The van der Waals surface area contributed by atoms with Gasteiger partial charge in [0.15, 0.2) is 0 Å². The van der Waals surface area contributed by atoms with Crippen LogP contribution in [0.2, 0.25) is 0 Å². The van der Waals surface area contributed by atoms with Gasteiger partial charge in [0.05, 0.1) is 0 Å². The summed E-state index contributed by atoms with van der Waals surface area (Å²) in [5, 5.41) is 2.49. The second kappa shape index (κ2) is 4.25. The molecule has 0 spiro atoms. The van der Waals surface area contributed by atoms with Crippen molar-refractivity contribution < 1.29 is 0 Å². The summed E-state index contributed by atoms with van der Waals surface area (Å²) >= 11 is 0. The van der Waals surface area contributed by atoms with E-state index in [-0.39, 0.29) is 5.41 Å². The first-order valence-corrected chi connectivity index (χ1v) is 6.51. The van der Waals surface area contributed by atoms with E-state index in [1.54, 1.807) is 0 Å². The number of hydrogen-bond donors (Lipinski definition) is 1. The second-order valence-corrected chi connectivity index (χ2v) is 5.54. The van der Waals surface area contributed by atoms with Crippen molar-refractivity contribution in [1.29, 1.82) is 0 Å². The first-order chi connectivity index (χ1) is 8.72. The Kier molecular flexibility index (Phi) is 2.71. The maximum Gasteiger partial charge on any atom is 0.136 e. The van der Waals surface area contributed by atoms with Crippen LogP contribution in [0.25, 0.3) is 10.8 Å². The lowest BCUT2D eigenvalue weighted by molar-refractivity contribution is 0.383. The Morgan fingerprint density at radius 2 is 2.17 bits per heavy atom. The van der Waals surface area contributed by atoms with Crippen LogP contribution in [0.4, 0.5) is 5.82 Å². The predicted molar refractivity (Wildman–Crippen MR) is 75.7 cm³/mol. The molecule has 0 radical (unpaired) electrons. The lowest BCUT2D eigenvalue weighted by atomic mass is 9.90. The third kappa shape index (κ3) is 1.85. The van der Waals surface area contributed by atoms with Gasteiger partial charge in [-0.25, -0.2) is 4.98 Å². The summed E-state index contributed by atoms with van der Waals surface area (Å²) in [7, 11) is 0. The second-order valence-electron chi connectivity index (χ2n) is 5.54. The van der Waals surface area contributed by atoms with Crippen molar-refractivity contribution in [1.82, 2.24) is 4.98 Å². The van der Waals surface area contributed by atoms with Crippen molar-refractivity contribution in [2.75, 3.05) is 24.5 Å². The number of rotatable bonds is 2. The van der Waals surface area contributed by atoms with Gasteiger partial charge in [-0.2, -0.15) is 0 Å². The Morgan fingerprint density at radius 1 is 1.33 bits per heavy atom. The van der Waals surface area contributed by atoms with Gasteiger partial charge in [0.1, 0.15) is 5.82 Å². The maximum absolute atomic E-state index is 5.87. The van der Waals surface area contributed by atoms with Crippen LogP contribution in [-0.2, 0) is 0 Å². The predicted octanol–water partition coefficient (Wildman–Crippen LogP) is 2.41. The number of pyridine rings is 1. The molecule has 1 aliphatic rings. The number of aromatic nitrogens is 1. The van der Waals surface area contributed by atoms with E-state index in [0.717, 1.165) is 31.9 Å². The molecule has 1 fully saturated rings. The fraction of sp³-hybridized carbons (Fsp3) is 0.400. The molecular formula is C15H19N3. The average molecular weight is 241 g/mol. The highest BCUT2D eigenvalue weighted by molar-refractivity contribution is 5.92. The van der Waals surface area contributed by atoms with Gasteiger partial charge in [-0.3, -0.25) is 0 Å². The highest BCUT2D eigenvalue weighted by atomic mass is 15.2. The molecule has 1 atom stereocenters. The average Bonchev–Trinajstić information content (AvgIpc) is 2.81. The molecule has 94 valence electrons. The third-order valence-corrected chi connectivity index (χ3v) is 4.00. The van der Waals surface area contributed by atoms with E-state index in [0.29, 0.717) is 0 Å². The largest absolute Gasteiger partial charge is 0.355 e. The first-order valence-electron chi connectivity index (χ1n) is 6.51. The molecule has 0 aliphatic carbocycles. The summed E-state index contributed by atoms with van der Waals surface area (Å²) < 4.78 is 0. The number of nitrogens with two attached hydrogens (primary N) is 1. The minimum absolute atomic E-state index is 0.235. The summed E-state index contributed by atoms with van der Waals surface area (Å²) in [5.41, 5.74) is 6.11. The van der Waals surface area contributed by atoms with Gasteiger partial charge in [-0.15, -0.1) is 0 Å². The first kappa shape index (κ1) is 11.5. The van der Waals surface area contributed by atoms with Crippen LogP contribution in [0, 0.1) is 5.41 Å². The monoisotopic (exact) mass is 241 g/mol. The van der Waals surface area contributed by atoms with Gasteiger partial charge in [0.25, 0.3) is 0 Å². The molecule has 2 N–H and O–H groups in total. The fourth-order valence-electron chi connectivity index (χ4n) is 2.73. The Balaban J connectivity index is 2.01. The number of benzene rings is 1. The summed E-state index contributed by atoms with van der Waals surface area (Å²) in [6, 6.07) is 10.5. The number of hydrogen-bond acceptors (Lipinski definition) is 3. The van der Waals surface area contributed by atoms with Crippen LogP contribution in [-0.4, -0.2) is 24.6 Å². The summed E-state index contributed by atoms with van der Waals surface area (Å²) in [4.78, 5) is 6.94. The minimum atomic E-state index is 0.235. The fourth-order valence-corrected chi connectivity index (χ4v) is 2.73. The van der Waals surface area contributed by atoms with E-state index in [4.69, 9.17) is 5.73 Å². The summed E-state index contributed by atoms with van der Waals surface area (Å²) in [5.74, 6) is 1.10. The quantitative estimate of drug-likeness (QED) is 0.878. The maximum atomic E-state index is 5.87. The minimum Gasteiger partial charge on any atom is -0.355 e. The van der Waals surface area contributed by atoms with Crippen LogP contribution < -0.4 is 10.6 Å². The molecule has 2 aromatic rings. The van der Waals surface area contributed by atoms with Crippen LogP contribution in [0.5, 0.6) is 0 Å². The molecule has 1 aromatic heterocycles. The Labute approximate surface area is 108 Å². The zero-order valence-electron chi connectivity index (χ0n) is 10.8. The normalized spacial score (nSPS) is 23.8. The molecule has 1 aliphatic heterocycles. The standard InChI is InChI=1S/C15H19N3/c1-15(10-16)7-9-18(11-15)14-13-5-3-2-4-12(13)6-8-17-14/h2-6,8H,7,9-11,16H2,1H3. The molecule has 3 rings (SSSR count). The third-order valence-electron chi connectivity index (χ3n) is 4.00. The van der Waals surface area contributed by atoms with Crippen molar-refractivity contribution in [2.45, 2.75) is 13.3 Å². The van der Waals surface area contributed by atoms with Crippen molar-refractivity contribution in [3.63, 3.8) is 0 Å². The topological polar surface area (TPSA) is 42.1 Å². The smallest absolute Gasteiger partial charge is 0.136 e. The summed E-state index contributed by atoms with van der Waals surface area (Å²) in [6.45, 7) is 5.06. The van der Waals surface area contributed by atoms with E-state index < -0.39 is 0 Å². The molecule has 1 saturated heterocycles. The van der Waals surface area contributed by atoms with Gasteiger partial charge in [-0.05, 0) is 29.8 Å². The molecule has 18 heavy (non-hydrogen) atoms. The van der Waals surface area contributed by atoms with Crippen molar-refractivity contribution in [3.8, 4) is 0 Å². The number of fused-ring (bicyclic) bond motifs is 1. The molecule has 3 heteroatoms. The van der Waals surface area contributed by atoms with E-state index in [2.05, 4.69) is 47.1 Å². The molecule has 0 saturated carbocycles. The molecule has 0 amide bonds. The van der Waals surface area contributed by atoms with E-state index >= 15 is 0 Å². The van der Waals surface area contributed by atoms with Crippen LogP contribution in [0.1, 0.15) is 13.3 Å². The number of anilines is 1. The highest BCUT2D eigenvalue weighted by Crippen LogP contribution is 2.34. The SMILES string of the molecule is CC1(CN)CCN(c2nccc3ccccc23)C1. The molecule has 1 unspecified atom stereocenters. The number of nitrogens with zero attached hydrogens (tertiary/aromatic N) is 2. The van der Waals surface area contributed by atoms with Gasteiger partial charge < -0.3 is 10.6 Å². The Morgan fingerprint density at radius 3 is 2.94 bits per heavy atom. The van der Waals surface area contributed by atoms with Crippen LogP contribution in [0.3, 0.4) is 0 Å².